The Morgan fingerprint density at radius 2 is 0.733 bits per heavy atom. The predicted molar refractivity (Wildman–Crippen MR) is 239 cm³/mol. The van der Waals surface area contributed by atoms with E-state index >= 15 is 0 Å². The number of benzene rings is 4. The summed E-state index contributed by atoms with van der Waals surface area (Å²) in [4.78, 5) is 18.0. The number of rotatable bonds is 6. The van der Waals surface area contributed by atoms with E-state index in [0.29, 0.717) is 0 Å². The van der Waals surface area contributed by atoms with Gasteiger partial charge in [-0.05, 0) is 70.8 Å². The third-order valence-corrected chi connectivity index (χ3v) is 15.9. The van der Waals surface area contributed by atoms with Gasteiger partial charge in [0.15, 0.2) is 0 Å². The Morgan fingerprint density at radius 1 is 0.400 bits per heavy atom. The van der Waals surface area contributed by atoms with Crippen LogP contribution in [0.2, 0.25) is 0 Å². The number of fused-ring (bicyclic) bond motifs is 2. The van der Waals surface area contributed by atoms with Crippen LogP contribution in [0.15, 0.2) is 207 Å². The van der Waals surface area contributed by atoms with Gasteiger partial charge in [-0.3, -0.25) is 19.9 Å². The molecule has 0 amide bonds. The van der Waals surface area contributed by atoms with Gasteiger partial charge in [-0.2, -0.15) is 12.1 Å². The first kappa shape index (κ1) is 43.9. The van der Waals surface area contributed by atoms with Crippen molar-refractivity contribution in [2.45, 2.75) is 13.8 Å². The molecule has 0 saturated heterocycles. The standard InChI is InChI=1S/2C20H15N2.C12H10Si.2ClH.Zr/c2*1-14-10-15-12-16(19-6-2-4-8-21-19)13-18(17(15)11-14)20-7-3-5-9-22-20;1-3-7-11(8-4-1)13-12-9-5-2-6-10-12;;;/h2*2-13H,1H3;1-10H;2*1H;/q2*-1;;;;+2/p-2. The topological polar surface area (TPSA) is 51.6 Å². The minimum absolute atomic E-state index is 0. The zero-order valence-corrected chi connectivity index (χ0v) is 38.1. The van der Waals surface area contributed by atoms with Crippen LogP contribution in [0.5, 0.6) is 0 Å². The minimum atomic E-state index is -0.455. The van der Waals surface area contributed by atoms with Crippen LogP contribution in [0, 0.1) is 13.8 Å². The van der Waals surface area contributed by atoms with Crippen molar-refractivity contribution in [2.75, 3.05) is 0 Å². The number of halogens is 2. The monoisotopic (exact) mass is 908 g/mol. The second-order valence-electron chi connectivity index (χ2n) is 14.1. The molecule has 0 bridgehead atoms. The fraction of sp³-hybridized carbons (Fsp3) is 0.0385. The quantitative estimate of drug-likeness (QED) is 0.168. The molecule has 0 unspecified atom stereocenters. The summed E-state index contributed by atoms with van der Waals surface area (Å²) in [7, 11) is 0. The number of nitrogens with zero attached hydrogens (tertiary/aromatic N) is 4. The zero-order chi connectivity index (χ0) is 39.7. The van der Waals surface area contributed by atoms with Gasteiger partial charge >= 0.3 is 99.8 Å². The van der Waals surface area contributed by atoms with Crippen molar-refractivity contribution in [1.82, 2.24) is 19.9 Å². The zero-order valence-electron chi connectivity index (χ0n) is 33.2. The van der Waals surface area contributed by atoms with Crippen LogP contribution in [0.4, 0.5) is 0 Å². The van der Waals surface area contributed by atoms with Gasteiger partial charge in [-0.1, -0.05) is 50.2 Å². The summed E-state index contributed by atoms with van der Waals surface area (Å²) in [6.45, 7) is 4.26. The summed E-state index contributed by atoms with van der Waals surface area (Å²) < 4.78 is 0. The molecular weight excluding hydrogens is 871 g/mol. The molecule has 0 spiro atoms. The SMILES string of the molecule is Cc1cc2c(-c3ccccn3)cc(-c3ccccn3)cc2[cH-]1.Cc1cc2c(-c3ccccn3)cc(-c3ccccn3)cc2[cH-]1.[Cl-].[Cl-].[Zr+2]=[Si](c1ccccc1)c1ccccc1. The van der Waals surface area contributed by atoms with Gasteiger partial charge in [0.1, 0.15) is 0 Å². The van der Waals surface area contributed by atoms with Gasteiger partial charge < -0.3 is 24.8 Å². The van der Waals surface area contributed by atoms with Gasteiger partial charge in [0.05, 0.1) is 22.8 Å². The van der Waals surface area contributed by atoms with Gasteiger partial charge in [-0.15, -0.1) is 56.9 Å². The fourth-order valence-electron chi connectivity index (χ4n) is 7.15. The normalized spacial score (nSPS) is 10.3. The van der Waals surface area contributed by atoms with Crippen LogP contribution >= 0.6 is 0 Å². The van der Waals surface area contributed by atoms with E-state index in [-0.39, 0.29) is 24.8 Å². The molecule has 8 heteroatoms. The Kier molecular flexibility index (Phi) is 15.4. The van der Waals surface area contributed by atoms with Crippen molar-refractivity contribution >= 4 is 37.4 Å². The maximum atomic E-state index is 4.52. The van der Waals surface area contributed by atoms with E-state index in [2.05, 4.69) is 155 Å². The number of aryl methyl sites for hydroxylation is 2. The van der Waals surface area contributed by atoms with E-state index in [9.17, 15) is 0 Å². The molecule has 0 atom stereocenters. The Labute approximate surface area is 379 Å². The molecule has 0 fully saturated rings. The average molecular weight is 911 g/mol. The molecule has 0 radical (unpaired) electrons. The first-order valence-corrected chi connectivity index (χ1v) is 24.5. The van der Waals surface area contributed by atoms with E-state index in [4.69, 9.17) is 0 Å². The first-order valence-electron chi connectivity index (χ1n) is 19.3. The van der Waals surface area contributed by atoms with Crippen LogP contribution in [0.1, 0.15) is 11.1 Å². The molecule has 0 aliphatic heterocycles. The Bertz CT molecular complexity index is 2710. The first-order chi connectivity index (χ1) is 28.5. The average Bonchev–Trinajstić information content (AvgIpc) is 3.88. The van der Waals surface area contributed by atoms with Crippen molar-refractivity contribution in [3.63, 3.8) is 0 Å². The van der Waals surface area contributed by atoms with E-state index in [1.54, 1.807) is 23.3 Å². The van der Waals surface area contributed by atoms with E-state index in [1.165, 1.54) is 43.0 Å². The van der Waals surface area contributed by atoms with Crippen molar-refractivity contribution in [3.8, 4) is 45.0 Å². The Hall–Kier alpha value is -5.62. The van der Waals surface area contributed by atoms with Crippen molar-refractivity contribution < 1.29 is 48.1 Å². The van der Waals surface area contributed by atoms with Crippen LogP contribution in [-0.4, -0.2) is 25.4 Å². The summed E-state index contributed by atoms with van der Waals surface area (Å²) in [5, 5.41) is 8.00. The van der Waals surface area contributed by atoms with Crippen LogP contribution < -0.4 is 35.2 Å². The molecule has 292 valence electrons. The second-order valence-corrected chi connectivity index (χ2v) is 19.7. The van der Waals surface area contributed by atoms with Crippen molar-refractivity contribution in [3.05, 3.63) is 218 Å². The molecular formula is C52H40Cl2N4SiZr-2. The molecule has 10 aromatic rings. The predicted octanol–water partition coefficient (Wildman–Crippen LogP) is 5.33. The molecule has 0 saturated carbocycles. The summed E-state index contributed by atoms with van der Waals surface area (Å²) in [5.41, 5.74) is 10.6. The van der Waals surface area contributed by atoms with Gasteiger partial charge in [0.25, 0.3) is 0 Å². The van der Waals surface area contributed by atoms with Crippen molar-refractivity contribution in [2.24, 2.45) is 0 Å². The summed E-state index contributed by atoms with van der Waals surface area (Å²) in [6.07, 6.45) is 7.33. The summed E-state index contributed by atoms with van der Waals surface area (Å²) >= 11 is 1.64. The number of aromatic nitrogens is 4. The van der Waals surface area contributed by atoms with Crippen LogP contribution in [0.25, 0.3) is 66.6 Å². The molecule has 4 nitrogen and oxygen atoms in total. The molecule has 4 heterocycles. The molecule has 0 N–H and O–H groups in total. The van der Waals surface area contributed by atoms with Gasteiger partial charge in [-0.25, -0.2) is 0 Å². The number of hydrogen-bond donors (Lipinski definition) is 0. The van der Waals surface area contributed by atoms with Crippen LogP contribution in [0.3, 0.4) is 0 Å². The molecule has 6 aromatic carbocycles. The van der Waals surface area contributed by atoms with E-state index in [1.807, 2.05) is 85.5 Å². The fourth-order valence-corrected chi connectivity index (χ4v) is 11.0. The molecule has 60 heavy (non-hydrogen) atoms. The molecule has 10 rings (SSSR count). The van der Waals surface area contributed by atoms with Crippen molar-refractivity contribution in [1.29, 1.82) is 0 Å². The van der Waals surface area contributed by atoms with E-state index in [0.717, 1.165) is 45.0 Å². The van der Waals surface area contributed by atoms with E-state index < -0.39 is 5.43 Å². The third-order valence-electron chi connectivity index (χ3n) is 9.86. The number of hydrogen-bond acceptors (Lipinski definition) is 4. The second kappa shape index (κ2) is 21.1. The summed E-state index contributed by atoms with van der Waals surface area (Å²) in [5.74, 6) is 0. The Morgan fingerprint density at radius 3 is 1.07 bits per heavy atom. The maximum absolute atomic E-state index is 4.52. The molecule has 4 aromatic heterocycles. The summed E-state index contributed by atoms with van der Waals surface area (Å²) in [6, 6.07) is 63.4. The molecule has 0 aliphatic rings. The van der Waals surface area contributed by atoms with Gasteiger partial charge in [0.2, 0.25) is 0 Å². The van der Waals surface area contributed by atoms with Gasteiger partial charge in [0, 0.05) is 24.8 Å². The number of pyridine rings is 4. The third kappa shape index (κ3) is 10.6. The Balaban J connectivity index is 0.000000152. The molecule has 0 aliphatic carbocycles. The van der Waals surface area contributed by atoms with Crippen LogP contribution in [-0.2, 0) is 23.3 Å².